The Kier molecular flexibility index (Phi) is 5.08. The summed E-state index contributed by atoms with van der Waals surface area (Å²) >= 11 is 10.8. The highest BCUT2D eigenvalue weighted by Crippen LogP contribution is 2.14. The lowest BCUT2D eigenvalue weighted by Gasteiger charge is -2.10. The van der Waals surface area contributed by atoms with Crippen molar-refractivity contribution in [3.63, 3.8) is 0 Å². The molecule has 0 saturated carbocycles. The van der Waals surface area contributed by atoms with Crippen molar-refractivity contribution in [2.75, 3.05) is 0 Å². The number of hydrogen-bond donors (Lipinski definition) is 4. The van der Waals surface area contributed by atoms with E-state index >= 15 is 0 Å². The van der Waals surface area contributed by atoms with Gasteiger partial charge in [0.2, 0.25) is 0 Å². The van der Waals surface area contributed by atoms with Crippen molar-refractivity contribution in [1.82, 2.24) is 26.4 Å². The van der Waals surface area contributed by atoms with E-state index in [1.165, 1.54) is 0 Å². The second kappa shape index (κ2) is 7.01. The minimum atomic E-state index is -0.487. The monoisotopic (exact) mass is 337 g/mol. The number of aromatic amines is 1. The fraction of sp³-hybridized carbons (Fsp3) is 0.0769. The van der Waals surface area contributed by atoms with Crippen LogP contribution in [0.2, 0.25) is 5.02 Å². The Labute approximate surface area is 136 Å². The summed E-state index contributed by atoms with van der Waals surface area (Å²) in [6.07, 6.45) is 0. The summed E-state index contributed by atoms with van der Waals surface area (Å²) in [5.41, 5.74) is 5.97. The standard InChI is InChI=1S/C13H12ClN5O2S/c1-7-6-10(17-16-7)12(21)18-19-13(22)15-11(20)8-4-2-3-5-9(8)14/h2-6H,1H3,(H,16,17)(H,18,21)(H2,15,19,20,22). The molecule has 22 heavy (non-hydrogen) atoms. The number of aromatic nitrogens is 2. The van der Waals surface area contributed by atoms with Crippen molar-refractivity contribution in [3.8, 4) is 0 Å². The maximum absolute atomic E-state index is 11.9. The van der Waals surface area contributed by atoms with Gasteiger partial charge in [0.1, 0.15) is 0 Å². The molecule has 114 valence electrons. The van der Waals surface area contributed by atoms with Gasteiger partial charge in [-0.25, -0.2) is 0 Å². The van der Waals surface area contributed by atoms with Crippen LogP contribution in [-0.4, -0.2) is 27.1 Å². The zero-order chi connectivity index (χ0) is 16.1. The number of rotatable bonds is 2. The van der Waals surface area contributed by atoms with Gasteiger partial charge in [0.05, 0.1) is 10.6 Å². The Hall–Kier alpha value is -2.45. The molecule has 0 aliphatic carbocycles. The Bertz CT molecular complexity index is 731. The van der Waals surface area contributed by atoms with Gasteiger partial charge in [-0.05, 0) is 37.3 Å². The van der Waals surface area contributed by atoms with Crippen LogP contribution in [0.5, 0.6) is 0 Å². The number of aryl methyl sites for hydroxylation is 1. The van der Waals surface area contributed by atoms with E-state index in [0.717, 1.165) is 5.69 Å². The van der Waals surface area contributed by atoms with Gasteiger partial charge < -0.3 is 0 Å². The molecule has 0 fully saturated rings. The number of carbonyl (C=O) groups excluding carboxylic acids is 2. The van der Waals surface area contributed by atoms with Crippen LogP contribution in [0, 0.1) is 6.92 Å². The Morgan fingerprint density at radius 3 is 2.59 bits per heavy atom. The molecule has 1 heterocycles. The quantitative estimate of drug-likeness (QED) is 0.489. The number of H-pyrrole nitrogens is 1. The normalized spacial score (nSPS) is 9.91. The first-order chi connectivity index (χ1) is 10.5. The van der Waals surface area contributed by atoms with E-state index in [9.17, 15) is 9.59 Å². The first kappa shape index (κ1) is 15.9. The highest BCUT2D eigenvalue weighted by molar-refractivity contribution is 7.80. The molecule has 0 aliphatic rings. The van der Waals surface area contributed by atoms with Gasteiger partial charge in [-0.2, -0.15) is 5.10 Å². The van der Waals surface area contributed by atoms with Crippen LogP contribution in [0.4, 0.5) is 0 Å². The average Bonchev–Trinajstić information content (AvgIpc) is 2.91. The zero-order valence-electron chi connectivity index (χ0n) is 11.4. The second-order valence-corrected chi connectivity index (χ2v) is 5.09. The Morgan fingerprint density at radius 2 is 1.95 bits per heavy atom. The minimum Gasteiger partial charge on any atom is -0.298 e. The number of thiocarbonyl (C=S) groups is 1. The first-order valence-corrected chi connectivity index (χ1v) is 6.94. The third kappa shape index (κ3) is 4.03. The summed E-state index contributed by atoms with van der Waals surface area (Å²) in [6, 6.07) is 8.11. The fourth-order valence-electron chi connectivity index (χ4n) is 1.56. The number of hydrazine groups is 1. The lowest BCUT2D eigenvalue weighted by Crippen LogP contribution is -2.48. The summed E-state index contributed by atoms with van der Waals surface area (Å²) in [4.78, 5) is 23.7. The molecule has 0 atom stereocenters. The van der Waals surface area contributed by atoms with E-state index in [1.807, 2.05) is 0 Å². The Balaban J connectivity index is 1.87. The molecular weight excluding hydrogens is 326 g/mol. The van der Waals surface area contributed by atoms with Crippen molar-refractivity contribution in [2.24, 2.45) is 0 Å². The number of nitrogens with zero attached hydrogens (tertiary/aromatic N) is 1. The molecule has 0 radical (unpaired) electrons. The number of benzene rings is 1. The van der Waals surface area contributed by atoms with Crippen LogP contribution in [-0.2, 0) is 0 Å². The number of amides is 2. The summed E-state index contributed by atoms with van der Waals surface area (Å²) in [7, 11) is 0. The van der Waals surface area contributed by atoms with Crippen LogP contribution in [0.15, 0.2) is 30.3 Å². The smallest absolute Gasteiger partial charge is 0.290 e. The van der Waals surface area contributed by atoms with Crippen LogP contribution in [0.3, 0.4) is 0 Å². The molecule has 2 amide bonds. The molecule has 7 nitrogen and oxygen atoms in total. The summed E-state index contributed by atoms with van der Waals surface area (Å²) in [6.45, 7) is 1.77. The van der Waals surface area contributed by atoms with Gasteiger partial charge in [0.25, 0.3) is 11.8 Å². The maximum atomic E-state index is 11.9. The second-order valence-electron chi connectivity index (χ2n) is 4.28. The zero-order valence-corrected chi connectivity index (χ0v) is 13.0. The Morgan fingerprint density at radius 1 is 1.23 bits per heavy atom. The van der Waals surface area contributed by atoms with Crippen LogP contribution >= 0.6 is 23.8 Å². The molecule has 0 bridgehead atoms. The van der Waals surface area contributed by atoms with Gasteiger partial charge in [0.15, 0.2) is 10.8 Å². The van der Waals surface area contributed by atoms with Crippen LogP contribution in [0.25, 0.3) is 0 Å². The largest absolute Gasteiger partial charge is 0.298 e. The molecule has 0 saturated heterocycles. The summed E-state index contributed by atoms with van der Waals surface area (Å²) in [5.74, 6) is -0.966. The number of carbonyl (C=O) groups is 2. The van der Waals surface area contributed by atoms with E-state index in [0.29, 0.717) is 5.02 Å². The number of hydrogen-bond acceptors (Lipinski definition) is 4. The third-order valence-corrected chi connectivity index (χ3v) is 3.11. The van der Waals surface area contributed by atoms with Crippen molar-refractivity contribution in [1.29, 1.82) is 0 Å². The molecule has 4 N–H and O–H groups in total. The highest BCUT2D eigenvalue weighted by Gasteiger charge is 2.12. The minimum absolute atomic E-state index is 0.0643. The number of halogens is 1. The van der Waals surface area contributed by atoms with E-state index < -0.39 is 11.8 Å². The SMILES string of the molecule is Cc1cc(C(=O)NNC(=S)NC(=O)c2ccccc2Cl)n[nH]1. The molecule has 9 heteroatoms. The molecular formula is C13H12ClN5O2S. The lowest BCUT2D eigenvalue weighted by atomic mass is 10.2. The fourth-order valence-corrected chi connectivity index (χ4v) is 1.92. The van der Waals surface area contributed by atoms with E-state index in [1.54, 1.807) is 37.3 Å². The van der Waals surface area contributed by atoms with E-state index in [2.05, 4.69) is 26.4 Å². The predicted molar refractivity (Wildman–Crippen MR) is 85.4 cm³/mol. The third-order valence-electron chi connectivity index (χ3n) is 2.57. The molecule has 1 aromatic heterocycles. The predicted octanol–water partition coefficient (Wildman–Crippen LogP) is 1.32. The van der Waals surface area contributed by atoms with Crippen molar-refractivity contribution >= 4 is 40.7 Å². The molecule has 2 aromatic rings. The maximum Gasteiger partial charge on any atom is 0.290 e. The molecule has 2 rings (SSSR count). The molecule has 0 aliphatic heterocycles. The number of nitrogens with one attached hydrogen (secondary N) is 4. The van der Waals surface area contributed by atoms with Gasteiger partial charge in [-0.3, -0.25) is 30.9 Å². The molecule has 0 spiro atoms. The average molecular weight is 338 g/mol. The van der Waals surface area contributed by atoms with Crippen molar-refractivity contribution < 1.29 is 9.59 Å². The van der Waals surface area contributed by atoms with E-state index in [-0.39, 0.29) is 16.4 Å². The topological polar surface area (TPSA) is 98.9 Å². The van der Waals surface area contributed by atoms with Crippen LogP contribution < -0.4 is 16.2 Å². The van der Waals surface area contributed by atoms with Crippen molar-refractivity contribution in [3.05, 3.63) is 52.3 Å². The van der Waals surface area contributed by atoms with Gasteiger partial charge in [-0.15, -0.1) is 0 Å². The van der Waals surface area contributed by atoms with Crippen LogP contribution in [0.1, 0.15) is 26.5 Å². The van der Waals surface area contributed by atoms with E-state index in [4.69, 9.17) is 23.8 Å². The van der Waals surface area contributed by atoms with Gasteiger partial charge in [-0.1, -0.05) is 23.7 Å². The molecule has 1 aromatic carbocycles. The summed E-state index contributed by atoms with van der Waals surface area (Å²) in [5, 5.41) is 9.07. The van der Waals surface area contributed by atoms with Gasteiger partial charge >= 0.3 is 0 Å². The first-order valence-electron chi connectivity index (χ1n) is 6.15. The highest BCUT2D eigenvalue weighted by atomic mass is 35.5. The molecule has 0 unspecified atom stereocenters. The summed E-state index contributed by atoms with van der Waals surface area (Å²) < 4.78 is 0. The van der Waals surface area contributed by atoms with Crippen molar-refractivity contribution in [2.45, 2.75) is 6.92 Å². The lowest BCUT2D eigenvalue weighted by molar-refractivity contribution is 0.0930. The van der Waals surface area contributed by atoms with Gasteiger partial charge in [0, 0.05) is 5.69 Å².